The molecule has 3 aromatic carbocycles. The molecule has 0 aliphatic heterocycles. The molecule has 0 fully saturated rings. The maximum Gasteiger partial charge on any atom is 0.262 e. The number of hydrogen-bond donors (Lipinski definition) is 2. The topological polar surface area (TPSA) is 113 Å². The molecule has 0 heterocycles. The third-order valence-corrected chi connectivity index (χ3v) is 6.09. The number of hydrogen-bond acceptors (Lipinski definition) is 6. The monoisotopic (exact) mass is 576 g/mol. The van der Waals surface area contributed by atoms with Gasteiger partial charge < -0.3 is 14.8 Å². The van der Waals surface area contributed by atoms with E-state index in [4.69, 9.17) is 9.47 Å². The van der Waals surface area contributed by atoms with Gasteiger partial charge in [-0.25, -0.2) is 5.43 Å². The Bertz CT molecular complexity index is 1340. The number of carbonyl (C=O) groups is 2. The van der Waals surface area contributed by atoms with Crippen LogP contribution >= 0.6 is 15.9 Å². The van der Waals surface area contributed by atoms with E-state index in [9.17, 15) is 14.9 Å². The normalized spacial score (nSPS) is 11.6. The molecule has 0 bridgehead atoms. The lowest BCUT2D eigenvalue weighted by molar-refractivity contribution is -0.123. The summed E-state index contributed by atoms with van der Waals surface area (Å²) >= 11 is 3.52. The van der Waals surface area contributed by atoms with Crippen molar-refractivity contribution in [3.63, 3.8) is 0 Å². The molecule has 1 atom stereocenters. The Balaban J connectivity index is 1.70. The van der Waals surface area contributed by atoms with Gasteiger partial charge in [-0.1, -0.05) is 50.2 Å². The number of benzene rings is 3. The van der Waals surface area contributed by atoms with Crippen molar-refractivity contribution < 1.29 is 19.1 Å². The molecule has 0 aliphatic carbocycles. The fourth-order valence-corrected chi connectivity index (χ4v) is 4.13. The molecule has 0 saturated heterocycles. The summed E-state index contributed by atoms with van der Waals surface area (Å²) in [5.41, 5.74) is 4.94. The van der Waals surface area contributed by atoms with Crippen molar-refractivity contribution in [2.75, 3.05) is 6.61 Å². The summed E-state index contributed by atoms with van der Waals surface area (Å²) in [5.74, 6) is 0.0603. The van der Waals surface area contributed by atoms with Crippen molar-refractivity contribution in [1.82, 2.24) is 10.7 Å². The average Bonchev–Trinajstić information content (AvgIpc) is 2.91. The van der Waals surface area contributed by atoms with Crippen LogP contribution in [0.1, 0.15) is 47.8 Å². The molecule has 1 unspecified atom stereocenters. The maximum atomic E-state index is 12.8. The number of ether oxygens (including phenoxy) is 2. The molecule has 2 N–H and O–H groups in total. The van der Waals surface area contributed by atoms with Crippen LogP contribution in [0.3, 0.4) is 0 Å². The second-order valence-electron chi connectivity index (χ2n) is 8.62. The van der Waals surface area contributed by atoms with Crippen LogP contribution in [-0.2, 0) is 11.4 Å². The number of rotatable bonds is 11. The van der Waals surface area contributed by atoms with Gasteiger partial charge in [0.05, 0.1) is 28.9 Å². The molecule has 9 heteroatoms. The molecule has 3 rings (SSSR count). The van der Waals surface area contributed by atoms with Gasteiger partial charge in [0, 0.05) is 11.1 Å². The van der Waals surface area contributed by atoms with E-state index in [1.165, 1.54) is 6.21 Å². The number of halogens is 1. The molecule has 8 nitrogen and oxygen atoms in total. The Morgan fingerprint density at radius 3 is 2.47 bits per heavy atom. The largest absolute Gasteiger partial charge is 0.490 e. The predicted molar refractivity (Wildman–Crippen MR) is 149 cm³/mol. The van der Waals surface area contributed by atoms with Crippen LogP contribution in [0.2, 0.25) is 0 Å². The number of nitrogens with zero attached hydrogens (tertiary/aromatic N) is 2. The van der Waals surface area contributed by atoms with Gasteiger partial charge in [-0.2, -0.15) is 10.4 Å². The summed E-state index contributed by atoms with van der Waals surface area (Å²) in [4.78, 5) is 25.3. The maximum absolute atomic E-state index is 12.8. The lowest BCUT2D eigenvalue weighted by Gasteiger charge is -2.20. The number of nitriles is 1. The zero-order chi connectivity index (χ0) is 27.5. The average molecular weight is 577 g/mol. The predicted octanol–water partition coefficient (Wildman–Crippen LogP) is 5.20. The third-order valence-electron chi connectivity index (χ3n) is 5.50. The minimum atomic E-state index is -0.766. The van der Waals surface area contributed by atoms with Gasteiger partial charge in [0.2, 0.25) is 0 Å². The number of hydrazone groups is 1. The van der Waals surface area contributed by atoms with Crippen molar-refractivity contribution in [2.45, 2.75) is 33.4 Å². The van der Waals surface area contributed by atoms with Gasteiger partial charge in [0.15, 0.2) is 11.5 Å². The molecule has 196 valence electrons. The highest BCUT2D eigenvalue weighted by Crippen LogP contribution is 2.37. The summed E-state index contributed by atoms with van der Waals surface area (Å²) in [7, 11) is 0. The van der Waals surface area contributed by atoms with Gasteiger partial charge in [-0.05, 0) is 64.7 Å². The Hall–Kier alpha value is -4.16. The smallest absolute Gasteiger partial charge is 0.262 e. The Kier molecular flexibility index (Phi) is 10.4. The Morgan fingerprint density at radius 1 is 1.08 bits per heavy atom. The van der Waals surface area contributed by atoms with Crippen molar-refractivity contribution in [3.05, 3.63) is 93.5 Å². The van der Waals surface area contributed by atoms with Crippen LogP contribution in [0.4, 0.5) is 0 Å². The summed E-state index contributed by atoms with van der Waals surface area (Å²) in [6.07, 6.45) is 1.48. The Labute approximate surface area is 230 Å². The standard InChI is InChI=1S/C29H29BrN4O4/c1-4-37-25-15-20(14-24(30)27(25)38-18-23-13-9-8-12-22(23)16-31)17-32-34-29(36)26(19(2)3)33-28(35)21-10-6-5-7-11-21/h5-15,17,19,26H,4,18H2,1-3H3,(H,33,35)(H,34,36)/b32-17+. The van der Waals surface area contributed by atoms with Crippen molar-refractivity contribution in [1.29, 1.82) is 5.26 Å². The first kappa shape index (κ1) is 28.4. The fourth-order valence-electron chi connectivity index (χ4n) is 3.56. The first-order valence-electron chi connectivity index (χ1n) is 12.1. The Morgan fingerprint density at radius 2 is 1.79 bits per heavy atom. The van der Waals surface area contributed by atoms with Crippen LogP contribution in [-0.4, -0.2) is 30.7 Å². The SMILES string of the molecule is CCOc1cc(/C=N/NC(=O)C(NC(=O)c2ccccc2)C(C)C)cc(Br)c1OCc1ccccc1C#N. The van der Waals surface area contributed by atoms with Gasteiger partial charge in [-0.15, -0.1) is 0 Å². The summed E-state index contributed by atoms with van der Waals surface area (Å²) in [6, 6.07) is 20.9. The van der Waals surface area contributed by atoms with E-state index < -0.39 is 11.9 Å². The molecular weight excluding hydrogens is 548 g/mol. The first-order valence-corrected chi connectivity index (χ1v) is 12.9. The summed E-state index contributed by atoms with van der Waals surface area (Å²) in [6.45, 7) is 6.15. The zero-order valence-electron chi connectivity index (χ0n) is 21.4. The van der Waals surface area contributed by atoms with Gasteiger partial charge in [0.1, 0.15) is 12.6 Å². The second-order valence-corrected chi connectivity index (χ2v) is 9.47. The number of nitrogens with one attached hydrogen (secondary N) is 2. The molecule has 2 amide bonds. The molecule has 3 aromatic rings. The van der Waals surface area contributed by atoms with Gasteiger partial charge in [0.25, 0.3) is 11.8 Å². The lowest BCUT2D eigenvalue weighted by atomic mass is 10.0. The minimum absolute atomic E-state index is 0.154. The van der Waals surface area contributed by atoms with E-state index >= 15 is 0 Å². The van der Waals surface area contributed by atoms with E-state index in [1.54, 1.807) is 48.5 Å². The summed E-state index contributed by atoms with van der Waals surface area (Å²) < 4.78 is 12.4. The second kappa shape index (κ2) is 14.0. The van der Waals surface area contributed by atoms with Crippen LogP contribution in [0.15, 0.2) is 76.3 Å². The minimum Gasteiger partial charge on any atom is -0.490 e. The fraction of sp³-hybridized carbons (Fsp3) is 0.241. The van der Waals surface area contributed by atoms with Gasteiger partial charge in [-0.3, -0.25) is 9.59 Å². The molecule has 0 radical (unpaired) electrons. The first-order chi connectivity index (χ1) is 18.3. The molecule has 0 aromatic heterocycles. The van der Waals surface area contributed by atoms with Crippen molar-refractivity contribution >= 4 is 34.0 Å². The molecular formula is C29H29BrN4O4. The van der Waals surface area contributed by atoms with E-state index in [1.807, 2.05) is 39.0 Å². The van der Waals surface area contributed by atoms with Gasteiger partial charge >= 0.3 is 0 Å². The molecule has 0 saturated carbocycles. The molecule has 0 spiro atoms. The summed E-state index contributed by atoms with van der Waals surface area (Å²) in [5, 5.41) is 16.2. The van der Waals surface area contributed by atoms with Crippen LogP contribution in [0.5, 0.6) is 11.5 Å². The van der Waals surface area contributed by atoms with E-state index in [2.05, 4.69) is 37.8 Å². The number of carbonyl (C=O) groups excluding carboxylic acids is 2. The molecule has 0 aliphatic rings. The highest BCUT2D eigenvalue weighted by Gasteiger charge is 2.24. The quantitative estimate of drug-likeness (QED) is 0.240. The highest BCUT2D eigenvalue weighted by atomic mass is 79.9. The highest BCUT2D eigenvalue weighted by molar-refractivity contribution is 9.10. The van der Waals surface area contributed by atoms with Crippen LogP contribution < -0.4 is 20.2 Å². The lowest BCUT2D eigenvalue weighted by Crippen LogP contribution is -2.48. The third kappa shape index (κ3) is 7.67. The van der Waals surface area contributed by atoms with E-state index in [0.29, 0.717) is 39.3 Å². The molecule has 38 heavy (non-hydrogen) atoms. The van der Waals surface area contributed by atoms with Crippen molar-refractivity contribution in [2.24, 2.45) is 11.0 Å². The van der Waals surface area contributed by atoms with Crippen molar-refractivity contribution in [3.8, 4) is 17.6 Å². The zero-order valence-corrected chi connectivity index (χ0v) is 23.0. The van der Waals surface area contributed by atoms with E-state index in [0.717, 1.165) is 5.56 Å². The van der Waals surface area contributed by atoms with Crippen LogP contribution in [0.25, 0.3) is 0 Å². The number of amides is 2. The van der Waals surface area contributed by atoms with E-state index in [-0.39, 0.29) is 18.4 Å². The van der Waals surface area contributed by atoms with Crippen LogP contribution in [0, 0.1) is 17.2 Å².